The number of likely N-dealkylation sites (tertiary alicyclic amines) is 2. The molecule has 4 nitrogen and oxygen atoms in total. The fourth-order valence-corrected chi connectivity index (χ4v) is 3.04. The number of nitrogens with zero attached hydrogens (tertiary/aromatic N) is 2. The van der Waals surface area contributed by atoms with Crippen molar-refractivity contribution in [3.05, 3.63) is 0 Å². The molecule has 0 bridgehead atoms. The van der Waals surface area contributed by atoms with Crippen molar-refractivity contribution >= 4 is 5.91 Å². The lowest BCUT2D eigenvalue weighted by Gasteiger charge is -2.35. The van der Waals surface area contributed by atoms with Crippen molar-refractivity contribution < 1.29 is 4.79 Å². The van der Waals surface area contributed by atoms with Gasteiger partial charge in [0.1, 0.15) is 0 Å². The van der Waals surface area contributed by atoms with Crippen LogP contribution in [0.2, 0.25) is 0 Å². The standard InChI is InChI=1S/C13H25N3O/c1-3-14-9-11-5-4-7-16(10-11)12-6-8-15(2)13(12)17/h11-12,14H,3-10H2,1-2H3. The van der Waals surface area contributed by atoms with E-state index in [4.69, 9.17) is 0 Å². The van der Waals surface area contributed by atoms with E-state index in [0.717, 1.165) is 45.1 Å². The zero-order chi connectivity index (χ0) is 12.3. The van der Waals surface area contributed by atoms with Gasteiger partial charge in [-0.15, -0.1) is 0 Å². The first-order valence-corrected chi connectivity index (χ1v) is 6.92. The first kappa shape index (κ1) is 12.8. The number of hydrogen-bond acceptors (Lipinski definition) is 3. The fourth-order valence-electron chi connectivity index (χ4n) is 3.04. The molecule has 1 amide bonds. The zero-order valence-electron chi connectivity index (χ0n) is 11.1. The molecule has 2 aliphatic rings. The number of likely N-dealkylation sites (N-methyl/N-ethyl adjacent to an activating group) is 1. The molecule has 2 aliphatic heterocycles. The molecule has 1 N–H and O–H groups in total. The van der Waals surface area contributed by atoms with Crippen molar-refractivity contribution in [2.24, 2.45) is 5.92 Å². The van der Waals surface area contributed by atoms with Crippen LogP contribution in [0.3, 0.4) is 0 Å². The van der Waals surface area contributed by atoms with Gasteiger partial charge < -0.3 is 10.2 Å². The van der Waals surface area contributed by atoms with Crippen molar-refractivity contribution in [2.45, 2.75) is 32.2 Å². The Hall–Kier alpha value is -0.610. The Labute approximate surface area is 104 Å². The van der Waals surface area contributed by atoms with E-state index in [0.29, 0.717) is 5.91 Å². The normalized spacial score (nSPS) is 31.2. The monoisotopic (exact) mass is 239 g/mol. The molecule has 0 radical (unpaired) electrons. The number of hydrogen-bond donors (Lipinski definition) is 1. The fraction of sp³-hybridized carbons (Fsp3) is 0.923. The zero-order valence-corrected chi connectivity index (χ0v) is 11.1. The lowest BCUT2D eigenvalue weighted by molar-refractivity contribution is -0.131. The summed E-state index contributed by atoms with van der Waals surface area (Å²) in [5.74, 6) is 1.05. The Balaban J connectivity index is 1.86. The van der Waals surface area contributed by atoms with Gasteiger partial charge in [-0.25, -0.2) is 0 Å². The molecule has 2 atom stereocenters. The van der Waals surface area contributed by atoms with Crippen LogP contribution in [0.1, 0.15) is 26.2 Å². The molecule has 2 heterocycles. The molecule has 0 aromatic heterocycles. The summed E-state index contributed by atoms with van der Waals surface area (Å²) >= 11 is 0. The summed E-state index contributed by atoms with van der Waals surface area (Å²) in [5.41, 5.74) is 0. The number of piperidine rings is 1. The summed E-state index contributed by atoms with van der Waals surface area (Å²) in [6.45, 7) is 7.42. The molecule has 0 aromatic rings. The second kappa shape index (κ2) is 5.83. The average Bonchev–Trinajstić information content (AvgIpc) is 2.68. The molecule has 4 heteroatoms. The Kier molecular flexibility index (Phi) is 4.40. The van der Waals surface area contributed by atoms with Crippen LogP contribution in [0, 0.1) is 5.92 Å². The van der Waals surface area contributed by atoms with Gasteiger partial charge in [0.2, 0.25) is 5.91 Å². The van der Waals surface area contributed by atoms with Crippen molar-refractivity contribution in [1.29, 1.82) is 0 Å². The predicted molar refractivity (Wildman–Crippen MR) is 68.9 cm³/mol. The molecule has 0 spiro atoms. The molecule has 0 aliphatic carbocycles. The van der Waals surface area contributed by atoms with E-state index in [2.05, 4.69) is 17.1 Å². The second-order valence-corrected chi connectivity index (χ2v) is 5.38. The summed E-state index contributed by atoms with van der Waals surface area (Å²) in [5, 5.41) is 3.43. The highest BCUT2D eigenvalue weighted by atomic mass is 16.2. The highest BCUT2D eigenvalue weighted by molar-refractivity contribution is 5.83. The SMILES string of the molecule is CCNCC1CCCN(C2CCN(C)C2=O)C1. The minimum Gasteiger partial charge on any atom is -0.344 e. The van der Waals surface area contributed by atoms with Gasteiger partial charge in [0.25, 0.3) is 0 Å². The van der Waals surface area contributed by atoms with Gasteiger partial charge in [-0.3, -0.25) is 9.69 Å². The molecule has 17 heavy (non-hydrogen) atoms. The third-order valence-electron chi connectivity index (χ3n) is 4.07. The molecule has 0 aromatic carbocycles. The maximum absolute atomic E-state index is 12.0. The number of carbonyl (C=O) groups is 1. The number of amides is 1. The number of rotatable bonds is 4. The minimum absolute atomic E-state index is 0.171. The number of carbonyl (C=O) groups excluding carboxylic acids is 1. The Morgan fingerprint density at radius 3 is 2.82 bits per heavy atom. The Morgan fingerprint density at radius 1 is 1.35 bits per heavy atom. The maximum Gasteiger partial charge on any atom is 0.239 e. The van der Waals surface area contributed by atoms with Crippen molar-refractivity contribution in [2.75, 3.05) is 39.8 Å². The molecule has 2 rings (SSSR count). The Morgan fingerprint density at radius 2 is 2.18 bits per heavy atom. The van der Waals surface area contributed by atoms with Gasteiger partial charge in [0.05, 0.1) is 6.04 Å². The quantitative estimate of drug-likeness (QED) is 0.778. The van der Waals surface area contributed by atoms with Gasteiger partial charge in [-0.05, 0) is 44.8 Å². The molecule has 2 unspecified atom stereocenters. The summed E-state index contributed by atoms with van der Waals surface area (Å²) in [4.78, 5) is 16.3. The van der Waals surface area contributed by atoms with Crippen LogP contribution in [-0.2, 0) is 4.79 Å². The van der Waals surface area contributed by atoms with Crippen LogP contribution >= 0.6 is 0 Å². The van der Waals surface area contributed by atoms with Crippen LogP contribution in [0.5, 0.6) is 0 Å². The van der Waals surface area contributed by atoms with E-state index in [9.17, 15) is 4.79 Å². The van der Waals surface area contributed by atoms with Crippen LogP contribution in [-0.4, -0.2) is 61.5 Å². The largest absolute Gasteiger partial charge is 0.344 e. The highest BCUT2D eigenvalue weighted by Crippen LogP contribution is 2.23. The van der Waals surface area contributed by atoms with E-state index < -0.39 is 0 Å². The summed E-state index contributed by atoms with van der Waals surface area (Å²) in [7, 11) is 1.92. The third kappa shape index (κ3) is 2.99. The van der Waals surface area contributed by atoms with Crippen LogP contribution in [0.15, 0.2) is 0 Å². The Bertz CT molecular complexity index is 269. The molecular weight excluding hydrogens is 214 g/mol. The van der Waals surface area contributed by atoms with Crippen LogP contribution < -0.4 is 5.32 Å². The van der Waals surface area contributed by atoms with Crippen LogP contribution in [0.25, 0.3) is 0 Å². The van der Waals surface area contributed by atoms with Gasteiger partial charge in [0, 0.05) is 20.1 Å². The lowest BCUT2D eigenvalue weighted by atomic mass is 9.96. The minimum atomic E-state index is 0.171. The van der Waals surface area contributed by atoms with Crippen molar-refractivity contribution in [3.8, 4) is 0 Å². The van der Waals surface area contributed by atoms with Gasteiger partial charge in [0.15, 0.2) is 0 Å². The molecule has 2 saturated heterocycles. The van der Waals surface area contributed by atoms with E-state index in [-0.39, 0.29) is 6.04 Å². The van der Waals surface area contributed by atoms with E-state index in [1.807, 2.05) is 11.9 Å². The summed E-state index contributed by atoms with van der Waals surface area (Å²) in [6, 6.07) is 0.171. The van der Waals surface area contributed by atoms with Gasteiger partial charge >= 0.3 is 0 Å². The average molecular weight is 239 g/mol. The smallest absolute Gasteiger partial charge is 0.239 e. The van der Waals surface area contributed by atoms with E-state index in [1.54, 1.807) is 0 Å². The summed E-state index contributed by atoms with van der Waals surface area (Å²) < 4.78 is 0. The summed E-state index contributed by atoms with van der Waals surface area (Å²) in [6.07, 6.45) is 3.56. The molecule has 2 fully saturated rings. The topological polar surface area (TPSA) is 35.6 Å². The first-order chi connectivity index (χ1) is 8.22. The predicted octanol–water partition coefficient (Wildman–Crippen LogP) is 0.539. The van der Waals surface area contributed by atoms with Gasteiger partial charge in [-0.1, -0.05) is 6.92 Å². The van der Waals surface area contributed by atoms with Crippen LogP contribution in [0.4, 0.5) is 0 Å². The second-order valence-electron chi connectivity index (χ2n) is 5.38. The third-order valence-corrected chi connectivity index (χ3v) is 4.07. The highest BCUT2D eigenvalue weighted by Gasteiger charge is 2.35. The van der Waals surface area contributed by atoms with Crippen molar-refractivity contribution in [3.63, 3.8) is 0 Å². The lowest BCUT2D eigenvalue weighted by Crippen LogP contribution is -2.48. The molecule has 98 valence electrons. The van der Waals surface area contributed by atoms with Gasteiger partial charge in [-0.2, -0.15) is 0 Å². The van der Waals surface area contributed by atoms with E-state index in [1.165, 1.54) is 12.8 Å². The maximum atomic E-state index is 12.0. The molecule has 0 saturated carbocycles. The van der Waals surface area contributed by atoms with E-state index >= 15 is 0 Å². The van der Waals surface area contributed by atoms with Crippen molar-refractivity contribution in [1.82, 2.24) is 15.1 Å². The number of nitrogens with one attached hydrogen (secondary N) is 1. The first-order valence-electron chi connectivity index (χ1n) is 6.92. The molecular formula is C13H25N3O.